The van der Waals surface area contributed by atoms with Crippen LogP contribution in [-0.4, -0.2) is 12.5 Å². The first-order valence-corrected chi connectivity index (χ1v) is 8.66. The Morgan fingerprint density at radius 1 is 0.710 bits per heavy atom. The van der Waals surface area contributed by atoms with Crippen LogP contribution < -0.4 is 14.2 Å². The quantitative estimate of drug-likeness (QED) is 0.416. The molecular weight excluding hydrogens is 416 g/mol. The standard InChI is InChI=1S/C22H12F4N2O3/c23-21(24)22(25,26)31-20-7-2-1-6-19(20)30-17-5-3-4-16(11-17)29-18-9-14(12-27)8-15(10-18)13-28/h1-11,21H. The summed E-state index contributed by atoms with van der Waals surface area (Å²) in [5.74, 6) is -0.149. The lowest BCUT2D eigenvalue weighted by Crippen LogP contribution is -2.33. The minimum Gasteiger partial charge on any atom is -0.457 e. The van der Waals surface area contributed by atoms with Gasteiger partial charge in [0.25, 0.3) is 0 Å². The van der Waals surface area contributed by atoms with Crippen molar-refractivity contribution >= 4 is 0 Å². The van der Waals surface area contributed by atoms with E-state index >= 15 is 0 Å². The molecule has 9 heteroatoms. The lowest BCUT2D eigenvalue weighted by molar-refractivity contribution is -0.253. The van der Waals surface area contributed by atoms with Gasteiger partial charge in [-0.05, 0) is 42.5 Å². The van der Waals surface area contributed by atoms with E-state index in [4.69, 9.17) is 20.0 Å². The summed E-state index contributed by atoms with van der Waals surface area (Å²) in [5, 5.41) is 18.1. The predicted molar refractivity (Wildman–Crippen MR) is 100 cm³/mol. The van der Waals surface area contributed by atoms with E-state index in [2.05, 4.69) is 4.74 Å². The summed E-state index contributed by atoms with van der Waals surface area (Å²) in [7, 11) is 0. The minimum atomic E-state index is -4.69. The monoisotopic (exact) mass is 428 g/mol. The fourth-order valence-corrected chi connectivity index (χ4v) is 2.46. The normalized spacial score (nSPS) is 10.8. The number of rotatable bonds is 7. The van der Waals surface area contributed by atoms with Crippen molar-refractivity contribution < 1.29 is 31.8 Å². The first-order valence-electron chi connectivity index (χ1n) is 8.66. The van der Waals surface area contributed by atoms with Crippen molar-refractivity contribution in [2.75, 3.05) is 0 Å². The third-order valence-electron chi connectivity index (χ3n) is 3.78. The largest absolute Gasteiger partial charge is 0.461 e. The molecule has 0 aromatic heterocycles. The predicted octanol–water partition coefficient (Wildman–Crippen LogP) is 6.25. The summed E-state index contributed by atoms with van der Waals surface area (Å²) in [6, 6.07) is 19.3. The molecule has 0 N–H and O–H groups in total. The number of benzene rings is 3. The number of nitrogens with zero attached hydrogens (tertiary/aromatic N) is 2. The van der Waals surface area contributed by atoms with Gasteiger partial charge in [-0.3, -0.25) is 0 Å². The van der Waals surface area contributed by atoms with Crippen molar-refractivity contribution in [1.82, 2.24) is 0 Å². The summed E-state index contributed by atoms with van der Waals surface area (Å²) in [5.41, 5.74) is 0.458. The van der Waals surface area contributed by atoms with Gasteiger partial charge in [-0.2, -0.15) is 28.1 Å². The van der Waals surface area contributed by atoms with Crippen molar-refractivity contribution in [1.29, 1.82) is 10.5 Å². The Labute approximate surface area is 174 Å². The molecule has 3 rings (SSSR count). The van der Waals surface area contributed by atoms with E-state index in [9.17, 15) is 17.6 Å². The van der Waals surface area contributed by atoms with Gasteiger partial charge in [0.05, 0.1) is 23.3 Å². The number of halogens is 4. The maximum Gasteiger partial charge on any atom is 0.461 e. The van der Waals surface area contributed by atoms with E-state index in [1.807, 2.05) is 12.1 Å². The highest BCUT2D eigenvalue weighted by molar-refractivity contribution is 5.48. The Morgan fingerprint density at radius 2 is 1.29 bits per heavy atom. The molecule has 31 heavy (non-hydrogen) atoms. The summed E-state index contributed by atoms with van der Waals surface area (Å²) < 4.78 is 66.8. The van der Waals surface area contributed by atoms with E-state index in [-0.39, 0.29) is 34.1 Å². The van der Waals surface area contributed by atoms with Gasteiger partial charge in [0.15, 0.2) is 11.5 Å². The van der Waals surface area contributed by atoms with E-state index in [0.29, 0.717) is 0 Å². The van der Waals surface area contributed by atoms with Crippen LogP contribution in [0.1, 0.15) is 11.1 Å². The molecule has 0 bridgehead atoms. The number of hydrogen-bond acceptors (Lipinski definition) is 5. The summed E-state index contributed by atoms with van der Waals surface area (Å²) in [4.78, 5) is 0. The lowest BCUT2D eigenvalue weighted by atomic mass is 10.1. The molecule has 156 valence electrons. The fourth-order valence-electron chi connectivity index (χ4n) is 2.46. The van der Waals surface area contributed by atoms with Crippen LogP contribution in [0.15, 0.2) is 66.7 Å². The smallest absolute Gasteiger partial charge is 0.457 e. The molecule has 0 radical (unpaired) electrons. The average molecular weight is 428 g/mol. The summed E-state index contributed by atoms with van der Waals surface area (Å²) >= 11 is 0. The molecule has 0 amide bonds. The van der Waals surface area contributed by atoms with Crippen LogP contribution in [0.4, 0.5) is 17.6 Å². The van der Waals surface area contributed by atoms with Gasteiger partial charge in [-0.25, -0.2) is 0 Å². The van der Waals surface area contributed by atoms with E-state index in [1.54, 1.807) is 12.1 Å². The molecule has 0 atom stereocenters. The second kappa shape index (κ2) is 9.06. The van der Waals surface area contributed by atoms with Gasteiger partial charge < -0.3 is 14.2 Å². The third kappa shape index (κ3) is 5.43. The van der Waals surface area contributed by atoms with Gasteiger partial charge in [-0.15, -0.1) is 0 Å². The van der Waals surface area contributed by atoms with E-state index in [0.717, 1.165) is 6.07 Å². The van der Waals surface area contributed by atoms with Crippen molar-refractivity contribution in [2.45, 2.75) is 12.5 Å². The molecular formula is C22H12F4N2O3. The molecule has 0 heterocycles. The molecule has 0 aliphatic heterocycles. The first-order chi connectivity index (χ1) is 14.8. The molecule has 0 saturated carbocycles. The highest BCUT2D eigenvalue weighted by atomic mass is 19.3. The van der Waals surface area contributed by atoms with Crippen molar-refractivity contribution in [2.24, 2.45) is 0 Å². The first kappa shape index (κ1) is 21.5. The Morgan fingerprint density at radius 3 is 1.87 bits per heavy atom. The summed E-state index contributed by atoms with van der Waals surface area (Å²) in [6.45, 7) is 0. The second-order valence-corrected chi connectivity index (χ2v) is 6.06. The molecule has 0 spiro atoms. The maximum atomic E-state index is 13.3. The number of ether oxygens (including phenoxy) is 3. The SMILES string of the molecule is N#Cc1cc(C#N)cc(Oc2cccc(Oc3ccccc3OC(F)(F)C(F)F)c2)c1. The van der Waals surface area contributed by atoms with Crippen LogP contribution in [0.25, 0.3) is 0 Å². The number of nitriles is 2. The summed E-state index contributed by atoms with van der Waals surface area (Å²) in [6.07, 6.45) is -8.70. The van der Waals surface area contributed by atoms with Crippen LogP contribution in [0.3, 0.4) is 0 Å². The van der Waals surface area contributed by atoms with E-state index in [1.165, 1.54) is 48.5 Å². The minimum absolute atomic E-state index is 0.144. The van der Waals surface area contributed by atoms with Crippen LogP contribution in [0, 0.1) is 22.7 Å². The van der Waals surface area contributed by atoms with Crippen molar-refractivity contribution in [3.05, 3.63) is 77.9 Å². The van der Waals surface area contributed by atoms with Crippen LogP contribution >= 0.6 is 0 Å². The second-order valence-electron chi connectivity index (χ2n) is 6.06. The Hall–Kier alpha value is -4.24. The molecule has 0 saturated heterocycles. The van der Waals surface area contributed by atoms with E-state index < -0.39 is 18.3 Å². The maximum absolute atomic E-state index is 13.3. The molecule has 0 aliphatic rings. The Balaban J connectivity index is 1.83. The number of alkyl halides is 4. The van der Waals surface area contributed by atoms with Gasteiger partial charge >= 0.3 is 12.5 Å². The van der Waals surface area contributed by atoms with Gasteiger partial charge in [-0.1, -0.05) is 18.2 Å². The zero-order valence-electron chi connectivity index (χ0n) is 15.6. The highest BCUT2D eigenvalue weighted by Crippen LogP contribution is 2.37. The van der Waals surface area contributed by atoms with Crippen LogP contribution in [0.5, 0.6) is 28.7 Å². The average Bonchev–Trinajstić information content (AvgIpc) is 2.74. The topological polar surface area (TPSA) is 75.3 Å². The number of hydrogen-bond donors (Lipinski definition) is 0. The zero-order valence-corrected chi connectivity index (χ0v) is 15.6. The Kier molecular flexibility index (Phi) is 6.27. The third-order valence-corrected chi connectivity index (χ3v) is 3.78. The van der Waals surface area contributed by atoms with Crippen molar-refractivity contribution in [3.8, 4) is 40.9 Å². The fraction of sp³-hybridized carbons (Fsp3) is 0.0909. The zero-order chi connectivity index (χ0) is 22.4. The molecule has 0 aliphatic carbocycles. The van der Waals surface area contributed by atoms with Crippen molar-refractivity contribution in [3.63, 3.8) is 0 Å². The molecule has 0 fully saturated rings. The molecule has 0 unspecified atom stereocenters. The molecule has 3 aromatic carbocycles. The van der Waals surface area contributed by atoms with Gasteiger partial charge in [0, 0.05) is 6.07 Å². The molecule has 3 aromatic rings. The van der Waals surface area contributed by atoms with Crippen LogP contribution in [-0.2, 0) is 0 Å². The lowest BCUT2D eigenvalue weighted by Gasteiger charge is -2.19. The number of para-hydroxylation sites is 2. The van der Waals surface area contributed by atoms with Gasteiger partial charge in [0.2, 0.25) is 0 Å². The molecule has 5 nitrogen and oxygen atoms in total. The van der Waals surface area contributed by atoms with Crippen LogP contribution in [0.2, 0.25) is 0 Å². The Bertz CT molecular complexity index is 1140. The highest BCUT2D eigenvalue weighted by Gasteiger charge is 2.44. The van der Waals surface area contributed by atoms with Gasteiger partial charge in [0.1, 0.15) is 17.2 Å².